The van der Waals surface area contributed by atoms with E-state index in [2.05, 4.69) is 26.9 Å². The number of hydrogen-bond acceptors (Lipinski definition) is 4. The molecule has 2 aromatic rings. The van der Waals surface area contributed by atoms with Crippen LogP contribution in [0.5, 0.6) is 0 Å². The van der Waals surface area contributed by atoms with Crippen molar-refractivity contribution in [2.45, 2.75) is 44.6 Å². The van der Waals surface area contributed by atoms with Gasteiger partial charge in [0.15, 0.2) is 5.65 Å². The molecule has 1 aliphatic carbocycles. The molecule has 18 heavy (non-hydrogen) atoms. The number of hydrogen-bond donors (Lipinski definition) is 2. The molecule has 0 atom stereocenters. The van der Waals surface area contributed by atoms with E-state index in [1.165, 1.54) is 25.6 Å². The summed E-state index contributed by atoms with van der Waals surface area (Å²) in [5.41, 5.74) is 7.79. The molecule has 5 heteroatoms. The Balaban J connectivity index is 1.89. The van der Waals surface area contributed by atoms with Crippen LogP contribution in [0.2, 0.25) is 0 Å². The first-order valence-electron chi connectivity index (χ1n) is 6.66. The number of rotatable bonds is 2. The maximum absolute atomic E-state index is 6.52. The molecule has 1 aliphatic rings. The van der Waals surface area contributed by atoms with Crippen molar-refractivity contribution in [3.8, 4) is 0 Å². The lowest BCUT2D eigenvalue weighted by molar-refractivity contribution is 0.223. The molecule has 1 saturated carbocycles. The van der Waals surface area contributed by atoms with Crippen molar-refractivity contribution in [2.75, 3.05) is 0 Å². The summed E-state index contributed by atoms with van der Waals surface area (Å²) in [6.45, 7) is 2.25. The van der Waals surface area contributed by atoms with E-state index < -0.39 is 0 Å². The number of fused-ring (bicyclic) bond motifs is 1. The Hall–Kier alpha value is -1.49. The monoisotopic (exact) mass is 245 g/mol. The van der Waals surface area contributed by atoms with E-state index in [0.717, 1.165) is 30.1 Å². The highest BCUT2D eigenvalue weighted by molar-refractivity contribution is 5.69. The summed E-state index contributed by atoms with van der Waals surface area (Å²) < 4.78 is 0. The second-order valence-electron chi connectivity index (χ2n) is 5.35. The molecule has 5 nitrogen and oxygen atoms in total. The van der Waals surface area contributed by atoms with Gasteiger partial charge in [-0.25, -0.2) is 15.0 Å². The maximum Gasteiger partial charge on any atom is 0.180 e. The zero-order valence-corrected chi connectivity index (χ0v) is 10.7. The number of aromatic nitrogens is 4. The topological polar surface area (TPSA) is 80.5 Å². The molecule has 0 saturated heterocycles. The highest BCUT2D eigenvalue weighted by atomic mass is 15.1. The number of nitrogens with two attached hydrogens (primary N) is 1. The SMILES string of the molecule is CCC1CCC(N)(c2nc3ncncc3[nH]2)CC1. The van der Waals surface area contributed by atoms with Crippen LogP contribution in [0.1, 0.15) is 44.9 Å². The van der Waals surface area contributed by atoms with Gasteiger partial charge in [0.2, 0.25) is 0 Å². The smallest absolute Gasteiger partial charge is 0.180 e. The molecule has 1 fully saturated rings. The zero-order valence-electron chi connectivity index (χ0n) is 10.7. The van der Waals surface area contributed by atoms with Gasteiger partial charge < -0.3 is 10.7 Å². The van der Waals surface area contributed by atoms with Gasteiger partial charge in [0, 0.05) is 0 Å². The molecular weight excluding hydrogens is 226 g/mol. The van der Waals surface area contributed by atoms with Crippen molar-refractivity contribution < 1.29 is 0 Å². The Bertz CT molecular complexity index is 506. The molecule has 2 heterocycles. The average Bonchev–Trinajstić information content (AvgIpc) is 2.84. The van der Waals surface area contributed by atoms with Gasteiger partial charge in [-0.05, 0) is 31.6 Å². The number of imidazole rings is 1. The van der Waals surface area contributed by atoms with Crippen molar-refractivity contribution in [1.82, 2.24) is 19.9 Å². The highest BCUT2D eigenvalue weighted by Crippen LogP contribution is 2.37. The molecule has 3 N–H and O–H groups in total. The molecule has 0 spiro atoms. The van der Waals surface area contributed by atoms with E-state index in [9.17, 15) is 0 Å². The quantitative estimate of drug-likeness (QED) is 0.849. The van der Waals surface area contributed by atoms with E-state index in [-0.39, 0.29) is 5.54 Å². The largest absolute Gasteiger partial charge is 0.338 e. The molecule has 0 radical (unpaired) electrons. The molecule has 0 amide bonds. The number of nitrogens with one attached hydrogen (secondary N) is 1. The minimum absolute atomic E-state index is 0.313. The number of nitrogens with zero attached hydrogens (tertiary/aromatic N) is 3. The molecule has 0 unspecified atom stereocenters. The summed E-state index contributed by atoms with van der Waals surface area (Å²) in [6, 6.07) is 0. The first-order chi connectivity index (χ1) is 8.71. The lowest BCUT2D eigenvalue weighted by Gasteiger charge is -2.35. The van der Waals surface area contributed by atoms with E-state index in [0.29, 0.717) is 5.65 Å². The second kappa shape index (κ2) is 4.31. The summed E-state index contributed by atoms with van der Waals surface area (Å²) in [7, 11) is 0. The van der Waals surface area contributed by atoms with Crippen molar-refractivity contribution in [3.05, 3.63) is 18.3 Å². The summed E-state index contributed by atoms with van der Waals surface area (Å²) in [6.07, 6.45) is 8.90. The first kappa shape index (κ1) is 11.6. The third kappa shape index (κ3) is 1.88. The maximum atomic E-state index is 6.52. The summed E-state index contributed by atoms with van der Waals surface area (Å²) in [5.74, 6) is 1.69. The Kier molecular flexibility index (Phi) is 2.78. The van der Waals surface area contributed by atoms with Gasteiger partial charge >= 0.3 is 0 Å². The van der Waals surface area contributed by atoms with Crippen LogP contribution < -0.4 is 5.73 Å². The van der Waals surface area contributed by atoms with Crippen LogP contribution >= 0.6 is 0 Å². The third-order valence-electron chi connectivity index (χ3n) is 4.21. The average molecular weight is 245 g/mol. The predicted octanol–water partition coefficient (Wildman–Crippen LogP) is 2.11. The number of H-pyrrole nitrogens is 1. The van der Waals surface area contributed by atoms with Gasteiger partial charge in [0.05, 0.1) is 11.7 Å². The van der Waals surface area contributed by atoms with Crippen LogP contribution in [0.4, 0.5) is 0 Å². The van der Waals surface area contributed by atoms with Crippen molar-refractivity contribution >= 4 is 11.2 Å². The summed E-state index contributed by atoms with van der Waals surface area (Å²) in [4.78, 5) is 16.0. The standard InChI is InChI=1S/C13H19N5/c1-2-9-3-5-13(14,6-4-9)12-17-10-7-15-8-16-11(10)18-12/h7-9H,2-6,14H2,1H3,(H,15,16,17,18). The van der Waals surface area contributed by atoms with Gasteiger partial charge in [0.1, 0.15) is 17.7 Å². The second-order valence-corrected chi connectivity index (χ2v) is 5.35. The van der Waals surface area contributed by atoms with Crippen LogP contribution in [0.15, 0.2) is 12.5 Å². The van der Waals surface area contributed by atoms with Crippen molar-refractivity contribution in [3.63, 3.8) is 0 Å². The molecule has 0 aliphatic heterocycles. The lowest BCUT2D eigenvalue weighted by atomic mass is 9.76. The molecule has 0 bridgehead atoms. The van der Waals surface area contributed by atoms with Crippen LogP contribution in [0.3, 0.4) is 0 Å². The van der Waals surface area contributed by atoms with Gasteiger partial charge in [-0.15, -0.1) is 0 Å². The van der Waals surface area contributed by atoms with Crippen LogP contribution in [0.25, 0.3) is 11.2 Å². The van der Waals surface area contributed by atoms with Crippen LogP contribution in [-0.4, -0.2) is 19.9 Å². The van der Waals surface area contributed by atoms with E-state index in [1.807, 2.05) is 0 Å². The minimum Gasteiger partial charge on any atom is -0.338 e. The fraction of sp³-hybridized carbons (Fsp3) is 0.615. The van der Waals surface area contributed by atoms with E-state index in [1.54, 1.807) is 6.20 Å². The Morgan fingerprint density at radius 3 is 2.89 bits per heavy atom. The van der Waals surface area contributed by atoms with Gasteiger partial charge in [0.25, 0.3) is 0 Å². The lowest BCUT2D eigenvalue weighted by Crippen LogP contribution is -2.41. The highest BCUT2D eigenvalue weighted by Gasteiger charge is 2.35. The van der Waals surface area contributed by atoms with Crippen LogP contribution in [-0.2, 0) is 5.54 Å². The predicted molar refractivity (Wildman–Crippen MR) is 69.8 cm³/mol. The molecule has 3 rings (SSSR count). The van der Waals surface area contributed by atoms with Gasteiger partial charge in [-0.2, -0.15) is 0 Å². The molecule has 0 aromatic carbocycles. The molecular formula is C13H19N5. The fourth-order valence-corrected chi connectivity index (χ4v) is 2.84. The molecule has 2 aromatic heterocycles. The minimum atomic E-state index is -0.313. The summed E-state index contributed by atoms with van der Waals surface area (Å²) >= 11 is 0. The Labute approximate surface area is 106 Å². The zero-order chi connectivity index (χ0) is 12.6. The van der Waals surface area contributed by atoms with Crippen molar-refractivity contribution in [2.24, 2.45) is 11.7 Å². The van der Waals surface area contributed by atoms with Gasteiger partial charge in [-0.1, -0.05) is 13.3 Å². The molecule has 96 valence electrons. The Morgan fingerprint density at radius 2 is 2.22 bits per heavy atom. The Morgan fingerprint density at radius 1 is 1.44 bits per heavy atom. The summed E-state index contributed by atoms with van der Waals surface area (Å²) in [5, 5.41) is 0. The van der Waals surface area contributed by atoms with Crippen LogP contribution in [0, 0.1) is 5.92 Å². The van der Waals surface area contributed by atoms with E-state index >= 15 is 0 Å². The number of aromatic amines is 1. The van der Waals surface area contributed by atoms with Crippen molar-refractivity contribution in [1.29, 1.82) is 0 Å². The van der Waals surface area contributed by atoms with Gasteiger partial charge in [-0.3, -0.25) is 0 Å². The first-order valence-corrected chi connectivity index (χ1v) is 6.66. The van der Waals surface area contributed by atoms with E-state index in [4.69, 9.17) is 5.73 Å². The third-order valence-corrected chi connectivity index (χ3v) is 4.21. The fourth-order valence-electron chi connectivity index (χ4n) is 2.84. The normalized spacial score (nSPS) is 28.7.